The number of nitrogens with one attached hydrogen (secondary N) is 2. The van der Waals surface area contributed by atoms with E-state index in [1.165, 1.54) is 12.2 Å². The molecule has 8 heteroatoms. The number of allylic oxidation sites excluding steroid dienone is 1. The summed E-state index contributed by atoms with van der Waals surface area (Å²) in [5.74, 6) is -2.44. The van der Waals surface area contributed by atoms with Crippen LogP contribution in [0.25, 0.3) is 0 Å². The van der Waals surface area contributed by atoms with Crippen LogP contribution in [0.15, 0.2) is 35.3 Å². The molecule has 5 nitrogen and oxygen atoms in total. The molecule has 128 valence electrons. The second kappa shape index (κ2) is 8.58. The second-order valence-corrected chi connectivity index (χ2v) is 6.13. The minimum Gasteiger partial charge on any atom is -0.387 e. The Bertz CT molecular complexity index is 729. The molecule has 0 bridgehead atoms. The zero-order valence-electron chi connectivity index (χ0n) is 13.1. The number of rotatable bonds is 6. The van der Waals surface area contributed by atoms with Crippen LogP contribution in [0, 0.1) is 28.4 Å². The van der Waals surface area contributed by atoms with E-state index >= 15 is 0 Å². The van der Waals surface area contributed by atoms with Gasteiger partial charge in [-0.1, -0.05) is 29.8 Å². The van der Waals surface area contributed by atoms with Crippen molar-refractivity contribution in [2.45, 2.75) is 18.7 Å². The molecular weight excluding hydrogens is 382 g/mol. The molecular formula is C16H17BrF2N4O. The first-order valence-corrected chi connectivity index (χ1v) is 7.87. The van der Waals surface area contributed by atoms with E-state index in [2.05, 4.69) is 20.9 Å². The van der Waals surface area contributed by atoms with Crippen molar-refractivity contribution in [3.8, 4) is 0 Å². The first kappa shape index (κ1) is 19.8. The lowest BCUT2D eigenvalue weighted by molar-refractivity contribution is 0.100. The van der Waals surface area contributed by atoms with Crippen LogP contribution in [0.4, 0.5) is 8.78 Å². The van der Waals surface area contributed by atoms with E-state index in [4.69, 9.17) is 16.6 Å². The number of hydrogen-bond acceptors (Lipinski definition) is 3. The predicted octanol–water partition coefficient (Wildman–Crippen LogP) is 3.48. The first-order valence-electron chi connectivity index (χ1n) is 6.96. The lowest BCUT2D eigenvalue weighted by Gasteiger charge is -2.08. The van der Waals surface area contributed by atoms with E-state index in [9.17, 15) is 13.6 Å². The highest BCUT2D eigenvalue weighted by molar-refractivity contribution is 9.10. The average Bonchev–Trinajstić information content (AvgIpc) is 2.51. The summed E-state index contributed by atoms with van der Waals surface area (Å²) in [6.45, 7) is 3.64. The molecule has 0 fully saturated rings. The normalized spacial score (nSPS) is 13.3. The molecule has 1 unspecified atom stereocenters. The summed E-state index contributed by atoms with van der Waals surface area (Å²) < 4.78 is 26.5. The number of nitrogens with zero attached hydrogens (tertiary/aromatic N) is 1. The fourth-order valence-corrected chi connectivity index (χ4v) is 1.92. The number of halogens is 3. The van der Waals surface area contributed by atoms with Crippen LogP contribution in [0.5, 0.6) is 0 Å². The third-order valence-electron chi connectivity index (χ3n) is 2.96. The Balaban J connectivity index is 2.84. The Kier molecular flexibility index (Phi) is 7.09. The van der Waals surface area contributed by atoms with E-state index < -0.39 is 22.2 Å². The summed E-state index contributed by atoms with van der Waals surface area (Å²) in [4.78, 5) is 14.8. The number of benzene rings is 1. The summed E-state index contributed by atoms with van der Waals surface area (Å²) in [7, 11) is 0. The summed E-state index contributed by atoms with van der Waals surface area (Å²) in [5.41, 5.74) is 5.10. The molecule has 1 aromatic rings. The zero-order valence-corrected chi connectivity index (χ0v) is 14.7. The highest BCUT2D eigenvalue weighted by atomic mass is 79.9. The topological polar surface area (TPSA) is 103 Å². The van der Waals surface area contributed by atoms with Gasteiger partial charge < -0.3 is 11.1 Å². The third kappa shape index (κ3) is 5.45. The van der Waals surface area contributed by atoms with E-state index in [1.54, 1.807) is 0 Å². The first-order chi connectivity index (χ1) is 11.1. The van der Waals surface area contributed by atoms with Crippen LogP contribution >= 0.6 is 15.9 Å². The maximum atomic E-state index is 13.6. The Morgan fingerprint density at radius 3 is 2.46 bits per heavy atom. The van der Waals surface area contributed by atoms with E-state index in [0.29, 0.717) is 6.07 Å². The van der Waals surface area contributed by atoms with E-state index in [0.717, 1.165) is 12.1 Å². The van der Waals surface area contributed by atoms with E-state index in [-0.39, 0.29) is 28.9 Å². The number of hydrogen-bond donors (Lipinski definition) is 3. The summed E-state index contributed by atoms with van der Waals surface area (Å²) in [6.07, 6.45) is 2.40. The van der Waals surface area contributed by atoms with Crippen molar-refractivity contribution in [2.24, 2.45) is 16.6 Å². The number of carbonyl (C=O) groups excluding carboxylic acids is 1. The molecule has 0 aliphatic carbocycles. The Labute approximate surface area is 146 Å². The number of ketones is 1. The standard InChI is InChI=1S/C16H17BrF2N4O/c1-8(2)16(22)23-13(21)6-5-12(20)14(17)15(24)10-4-3-9(18)7-11(10)19/h3-8,14,20H,1-2H3,(H3,21,22,23)/b6-5-,20-12?. The van der Waals surface area contributed by atoms with Crippen LogP contribution in [0.1, 0.15) is 24.2 Å². The SMILES string of the molecule is CC(C)C(N)=NC(=N)/C=C\C(=N)C(Br)C(=O)c1ccc(F)cc1F. The molecule has 0 saturated carbocycles. The molecule has 0 radical (unpaired) electrons. The molecule has 1 rings (SSSR count). The predicted molar refractivity (Wildman–Crippen MR) is 94.5 cm³/mol. The monoisotopic (exact) mass is 398 g/mol. The number of amidine groups is 2. The highest BCUT2D eigenvalue weighted by Crippen LogP contribution is 2.16. The summed E-state index contributed by atoms with van der Waals surface area (Å²) in [5, 5.41) is 15.4. The quantitative estimate of drug-likeness (QED) is 0.295. The summed E-state index contributed by atoms with van der Waals surface area (Å²) in [6, 6.07) is 2.59. The van der Waals surface area contributed by atoms with Crippen LogP contribution < -0.4 is 5.73 Å². The molecule has 0 aromatic heterocycles. The fraction of sp³-hybridized carbons (Fsp3) is 0.250. The van der Waals surface area contributed by atoms with Gasteiger partial charge in [-0.05, 0) is 24.3 Å². The molecule has 4 N–H and O–H groups in total. The zero-order chi connectivity index (χ0) is 18.4. The molecule has 0 amide bonds. The van der Waals surface area contributed by atoms with Crippen molar-refractivity contribution in [1.29, 1.82) is 10.8 Å². The number of carbonyl (C=O) groups is 1. The highest BCUT2D eigenvalue weighted by Gasteiger charge is 2.23. The lowest BCUT2D eigenvalue weighted by Crippen LogP contribution is -2.23. The molecule has 0 aliphatic rings. The Morgan fingerprint density at radius 1 is 1.29 bits per heavy atom. The van der Waals surface area contributed by atoms with Crippen molar-refractivity contribution in [1.82, 2.24) is 0 Å². The van der Waals surface area contributed by atoms with Gasteiger partial charge in [-0.25, -0.2) is 13.8 Å². The second-order valence-electron chi connectivity index (χ2n) is 5.22. The number of Topliss-reactive ketones (excluding diaryl/α,β-unsaturated/α-hetero) is 1. The van der Waals surface area contributed by atoms with Gasteiger partial charge in [-0.3, -0.25) is 10.2 Å². The minimum atomic E-state index is -1.13. The van der Waals surface area contributed by atoms with Crippen molar-refractivity contribution in [2.75, 3.05) is 0 Å². The van der Waals surface area contributed by atoms with Crippen LogP contribution in [0.3, 0.4) is 0 Å². The van der Waals surface area contributed by atoms with Gasteiger partial charge in [0.15, 0.2) is 5.78 Å². The molecule has 0 heterocycles. The molecule has 24 heavy (non-hydrogen) atoms. The molecule has 1 atom stereocenters. The number of alkyl halides is 1. The molecule has 0 spiro atoms. The van der Waals surface area contributed by atoms with Gasteiger partial charge in [0.05, 0.1) is 11.3 Å². The van der Waals surface area contributed by atoms with Crippen molar-refractivity contribution < 1.29 is 13.6 Å². The fourth-order valence-electron chi connectivity index (χ4n) is 1.53. The van der Waals surface area contributed by atoms with Crippen molar-refractivity contribution >= 4 is 39.1 Å². The Hall–Kier alpha value is -2.22. The molecule has 0 aliphatic heterocycles. The smallest absolute Gasteiger partial charge is 0.185 e. The largest absolute Gasteiger partial charge is 0.387 e. The summed E-state index contributed by atoms with van der Waals surface area (Å²) >= 11 is 3.01. The maximum absolute atomic E-state index is 13.6. The van der Waals surface area contributed by atoms with Gasteiger partial charge in [-0.15, -0.1) is 0 Å². The van der Waals surface area contributed by atoms with Crippen molar-refractivity contribution in [3.63, 3.8) is 0 Å². The van der Waals surface area contributed by atoms with Gasteiger partial charge in [-0.2, -0.15) is 0 Å². The van der Waals surface area contributed by atoms with Gasteiger partial charge in [0.2, 0.25) is 0 Å². The van der Waals surface area contributed by atoms with Crippen molar-refractivity contribution in [3.05, 3.63) is 47.5 Å². The van der Waals surface area contributed by atoms with Gasteiger partial charge in [0.25, 0.3) is 0 Å². The van der Waals surface area contributed by atoms with Crippen LogP contribution in [0.2, 0.25) is 0 Å². The Morgan fingerprint density at radius 2 is 1.92 bits per heavy atom. The van der Waals surface area contributed by atoms with Gasteiger partial charge in [0.1, 0.15) is 28.1 Å². The minimum absolute atomic E-state index is 0.0230. The van der Waals surface area contributed by atoms with E-state index in [1.807, 2.05) is 13.8 Å². The maximum Gasteiger partial charge on any atom is 0.185 e. The lowest BCUT2D eigenvalue weighted by atomic mass is 10.0. The van der Waals surface area contributed by atoms with Crippen LogP contribution in [-0.4, -0.2) is 28.0 Å². The van der Waals surface area contributed by atoms with Crippen LogP contribution in [-0.2, 0) is 0 Å². The molecule has 1 aromatic carbocycles. The number of nitrogens with two attached hydrogens (primary N) is 1. The van der Waals surface area contributed by atoms with Gasteiger partial charge in [0, 0.05) is 12.0 Å². The third-order valence-corrected chi connectivity index (χ3v) is 3.87. The number of aliphatic imine (C=N–C) groups is 1. The average molecular weight is 399 g/mol. The van der Waals surface area contributed by atoms with Gasteiger partial charge >= 0.3 is 0 Å². The molecule has 0 saturated heterocycles.